The van der Waals surface area contributed by atoms with Crippen LogP contribution in [0.2, 0.25) is 0 Å². The molecule has 1 N–H and O–H groups in total. The summed E-state index contributed by atoms with van der Waals surface area (Å²) in [6.07, 6.45) is 7.24. The number of alkyl carbamates (subject to hydrolysis) is 1. The molecule has 0 saturated carbocycles. The number of amides is 1. The van der Waals surface area contributed by atoms with Gasteiger partial charge in [0, 0.05) is 11.6 Å². The number of rotatable bonds is 4. The van der Waals surface area contributed by atoms with E-state index in [-0.39, 0.29) is 12.1 Å². The lowest BCUT2D eigenvalue weighted by Gasteiger charge is -2.29. The number of benzene rings is 1. The molecule has 2 atom stereocenters. The van der Waals surface area contributed by atoms with Gasteiger partial charge in [-0.05, 0) is 63.4 Å². The third-order valence-electron chi connectivity index (χ3n) is 4.50. The van der Waals surface area contributed by atoms with Crippen LogP contribution in [0, 0.1) is 0 Å². The average Bonchev–Trinajstić information content (AvgIpc) is 2.65. The Bertz CT molecular complexity index is 849. The molecule has 2 aromatic rings. The van der Waals surface area contributed by atoms with Crippen molar-refractivity contribution >= 4 is 23.1 Å². The van der Waals surface area contributed by atoms with Gasteiger partial charge in [0.15, 0.2) is 0 Å². The van der Waals surface area contributed by atoms with E-state index in [1.807, 2.05) is 45.0 Å². The molecular weight excluding hydrogens is 356 g/mol. The van der Waals surface area contributed by atoms with Gasteiger partial charge in [0.2, 0.25) is 0 Å². The first-order chi connectivity index (χ1) is 13.3. The van der Waals surface area contributed by atoms with E-state index in [0.717, 1.165) is 35.1 Å². The Hall–Kier alpha value is -2.60. The number of aromatic nitrogens is 1. The van der Waals surface area contributed by atoms with Gasteiger partial charge in [0.05, 0.1) is 31.4 Å². The van der Waals surface area contributed by atoms with Crippen molar-refractivity contribution in [2.45, 2.75) is 51.4 Å². The second-order valence-corrected chi connectivity index (χ2v) is 7.93. The zero-order chi connectivity index (χ0) is 20.1. The summed E-state index contributed by atoms with van der Waals surface area (Å²) in [5.41, 5.74) is 1.50. The summed E-state index contributed by atoms with van der Waals surface area (Å²) in [5, 5.41) is 3.91. The van der Waals surface area contributed by atoms with Crippen molar-refractivity contribution in [3.05, 3.63) is 42.1 Å². The summed E-state index contributed by atoms with van der Waals surface area (Å²) < 4.78 is 16.5. The summed E-state index contributed by atoms with van der Waals surface area (Å²) in [6.45, 7) is 6.02. The van der Waals surface area contributed by atoms with Crippen molar-refractivity contribution in [3.8, 4) is 5.75 Å². The molecule has 1 saturated heterocycles. The molecule has 6 heteroatoms. The molecule has 1 aliphatic heterocycles. The SMILES string of the molecule is COc1ccc2nccc(/C=C/[C@@H]3CC[C@@H](NC(=O)OC(C)(C)C)CO3)c2c1. The van der Waals surface area contributed by atoms with Gasteiger partial charge in [-0.25, -0.2) is 4.79 Å². The minimum absolute atomic E-state index is 0.0190. The summed E-state index contributed by atoms with van der Waals surface area (Å²) >= 11 is 0. The normalized spacial score (nSPS) is 20.3. The summed E-state index contributed by atoms with van der Waals surface area (Å²) in [6, 6.07) is 7.81. The number of pyridine rings is 1. The number of fused-ring (bicyclic) bond motifs is 1. The third-order valence-corrected chi connectivity index (χ3v) is 4.50. The Morgan fingerprint density at radius 2 is 2.11 bits per heavy atom. The smallest absolute Gasteiger partial charge is 0.407 e. The van der Waals surface area contributed by atoms with E-state index in [9.17, 15) is 4.79 Å². The molecular formula is C22H28N2O4. The molecule has 6 nitrogen and oxygen atoms in total. The molecule has 28 heavy (non-hydrogen) atoms. The van der Waals surface area contributed by atoms with E-state index < -0.39 is 11.7 Å². The fraction of sp³-hybridized carbons (Fsp3) is 0.455. The van der Waals surface area contributed by atoms with Crippen LogP contribution in [0.5, 0.6) is 5.75 Å². The Balaban J connectivity index is 1.58. The highest BCUT2D eigenvalue weighted by Gasteiger charge is 2.24. The molecule has 150 valence electrons. The predicted molar refractivity (Wildman–Crippen MR) is 109 cm³/mol. The van der Waals surface area contributed by atoms with Crippen molar-refractivity contribution in [3.63, 3.8) is 0 Å². The van der Waals surface area contributed by atoms with E-state index in [4.69, 9.17) is 14.2 Å². The standard InChI is InChI=1S/C22H28N2O4/c1-22(2,3)28-21(25)24-16-6-8-17(27-14-16)7-5-15-11-12-23-20-10-9-18(26-4)13-19(15)20/h5,7,9-13,16-17H,6,8,14H2,1-4H3,(H,24,25)/b7-5+/t16-,17-/m1/s1. The van der Waals surface area contributed by atoms with Crippen LogP contribution in [-0.4, -0.2) is 42.5 Å². The zero-order valence-corrected chi connectivity index (χ0v) is 16.9. The Labute approximate surface area is 165 Å². The van der Waals surface area contributed by atoms with Crippen molar-refractivity contribution in [1.82, 2.24) is 10.3 Å². The average molecular weight is 384 g/mol. The maximum Gasteiger partial charge on any atom is 0.407 e. The van der Waals surface area contributed by atoms with E-state index in [0.29, 0.717) is 6.61 Å². The zero-order valence-electron chi connectivity index (χ0n) is 16.9. The van der Waals surface area contributed by atoms with E-state index in [1.54, 1.807) is 13.3 Å². The molecule has 2 heterocycles. The molecule has 1 fully saturated rings. The van der Waals surface area contributed by atoms with Crippen LogP contribution in [-0.2, 0) is 9.47 Å². The number of carbonyl (C=O) groups is 1. The van der Waals surface area contributed by atoms with Gasteiger partial charge in [-0.2, -0.15) is 0 Å². The Kier molecular flexibility index (Phi) is 6.19. The monoisotopic (exact) mass is 384 g/mol. The van der Waals surface area contributed by atoms with Crippen molar-refractivity contribution < 1.29 is 19.0 Å². The minimum atomic E-state index is -0.499. The summed E-state index contributed by atoms with van der Waals surface area (Å²) in [5.74, 6) is 0.806. The fourth-order valence-corrected chi connectivity index (χ4v) is 3.14. The summed E-state index contributed by atoms with van der Waals surface area (Å²) in [7, 11) is 1.66. The van der Waals surface area contributed by atoms with Crippen molar-refractivity contribution in [1.29, 1.82) is 0 Å². The van der Waals surface area contributed by atoms with E-state index in [2.05, 4.69) is 22.5 Å². The highest BCUT2D eigenvalue weighted by Crippen LogP contribution is 2.24. The van der Waals surface area contributed by atoms with Crippen LogP contribution in [0.3, 0.4) is 0 Å². The molecule has 0 spiro atoms. The fourth-order valence-electron chi connectivity index (χ4n) is 3.14. The largest absolute Gasteiger partial charge is 0.497 e. The Morgan fingerprint density at radius 1 is 1.29 bits per heavy atom. The number of ether oxygens (including phenoxy) is 3. The lowest BCUT2D eigenvalue weighted by atomic mass is 10.0. The van der Waals surface area contributed by atoms with Gasteiger partial charge in [0.1, 0.15) is 11.4 Å². The van der Waals surface area contributed by atoms with Crippen LogP contribution in [0.1, 0.15) is 39.2 Å². The maximum atomic E-state index is 11.9. The van der Waals surface area contributed by atoms with Gasteiger partial charge in [-0.15, -0.1) is 0 Å². The first-order valence-electron chi connectivity index (χ1n) is 9.56. The molecule has 0 unspecified atom stereocenters. The molecule has 1 aromatic heterocycles. The number of nitrogens with one attached hydrogen (secondary N) is 1. The quantitative estimate of drug-likeness (QED) is 0.850. The van der Waals surface area contributed by atoms with Crippen LogP contribution < -0.4 is 10.1 Å². The van der Waals surface area contributed by atoms with Crippen LogP contribution >= 0.6 is 0 Å². The Morgan fingerprint density at radius 3 is 2.79 bits per heavy atom. The highest BCUT2D eigenvalue weighted by atomic mass is 16.6. The van der Waals surface area contributed by atoms with Gasteiger partial charge < -0.3 is 19.5 Å². The van der Waals surface area contributed by atoms with Crippen LogP contribution in [0.25, 0.3) is 17.0 Å². The second-order valence-electron chi connectivity index (χ2n) is 7.93. The summed E-state index contributed by atoms with van der Waals surface area (Å²) in [4.78, 5) is 16.3. The molecule has 1 aliphatic rings. The second kappa shape index (κ2) is 8.61. The molecule has 1 amide bonds. The van der Waals surface area contributed by atoms with Gasteiger partial charge in [0.25, 0.3) is 0 Å². The highest BCUT2D eigenvalue weighted by molar-refractivity contribution is 5.88. The van der Waals surface area contributed by atoms with Gasteiger partial charge in [-0.1, -0.05) is 12.2 Å². The first kappa shape index (κ1) is 20.1. The van der Waals surface area contributed by atoms with Crippen molar-refractivity contribution in [2.75, 3.05) is 13.7 Å². The van der Waals surface area contributed by atoms with Crippen molar-refractivity contribution in [2.24, 2.45) is 0 Å². The minimum Gasteiger partial charge on any atom is -0.497 e. The lowest BCUT2D eigenvalue weighted by molar-refractivity contribution is 0.0136. The first-order valence-corrected chi connectivity index (χ1v) is 9.56. The van der Waals surface area contributed by atoms with Gasteiger partial charge in [-0.3, -0.25) is 4.98 Å². The molecule has 0 bridgehead atoms. The third kappa shape index (κ3) is 5.45. The number of methoxy groups -OCH3 is 1. The molecule has 1 aromatic carbocycles. The van der Waals surface area contributed by atoms with Crippen LogP contribution in [0.15, 0.2) is 36.5 Å². The maximum absolute atomic E-state index is 11.9. The number of hydrogen-bond donors (Lipinski definition) is 1. The van der Waals surface area contributed by atoms with Crippen LogP contribution in [0.4, 0.5) is 4.79 Å². The van der Waals surface area contributed by atoms with E-state index in [1.165, 1.54) is 0 Å². The van der Waals surface area contributed by atoms with Gasteiger partial charge >= 0.3 is 6.09 Å². The number of hydrogen-bond acceptors (Lipinski definition) is 5. The molecule has 0 aliphatic carbocycles. The molecule has 0 radical (unpaired) electrons. The molecule has 3 rings (SSSR count). The van der Waals surface area contributed by atoms with E-state index >= 15 is 0 Å². The number of carbonyl (C=O) groups excluding carboxylic acids is 1. The lowest BCUT2D eigenvalue weighted by Crippen LogP contribution is -2.44. The predicted octanol–water partition coefficient (Wildman–Crippen LogP) is 4.33. The topological polar surface area (TPSA) is 69.7 Å². The number of nitrogens with zero attached hydrogens (tertiary/aromatic N) is 1.